The number of benzene rings is 5. The Bertz CT molecular complexity index is 2180. The summed E-state index contributed by atoms with van der Waals surface area (Å²) in [6.45, 7) is 2.91. The zero-order chi connectivity index (χ0) is 28.3. The number of anilines is 1. The second kappa shape index (κ2) is 9.90. The zero-order valence-corrected chi connectivity index (χ0v) is 24.7. The van der Waals surface area contributed by atoms with Crippen LogP contribution in [0.15, 0.2) is 147 Å². The Morgan fingerprint density at radius 2 is 1.40 bits per heavy atom. The van der Waals surface area contributed by atoms with Crippen molar-refractivity contribution >= 4 is 50.1 Å². The average molecular weight is 581 g/mol. The molecular weight excluding hydrogens is 553 g/mol. The predicted molar refractivity (Wildman–Crippen MR) is 176 cm³/mol. The first kappa shape index (κ1) is 25.4. The Morgan fingerprint density at radius 1 is 0.738 bits per heavy atom. The summed E-state index contributed by atoms with van der Waals surface area (Å²) in [5.41, 5.74) is 7.92. The van der Waals surface area contributed by atoms with Gasteiger partial charge in [0.1, 0.15) is 14.8 Å². The maximum atomic E-state index is 15.1. The number of fused-ring (bicyclic) bond motifs is 3. The van der Waals surface area contributed by atoms with Crippen LogP contribution in [0, 0.1) is 0 Å². The van der Waals surface area contributed by atoms with Gasteiger partial charge in [0.15, 0.2) is 0 Å². The highest BCUT2D eigenvalue weighted by Gasteiger charge is 2.35. The average Bonchev–Trinajstić information content (AvgIpc) is 3.58. The fourth-order valence-electron chi connectivity index (χ4n) is 6.42. The highest BCUT2D eigenvalue weighted by molar-refractivity contribution is 8.00. The van der Waals surface area contributed by atoms with E-state index >= 15 is 4.21 Å². The van der Waals surface area contributed by atoms with E-state index in [1.165, 1.54) is 37.6 Å². The second-order valence-corrected chi connectivity index (χ2v) is 14.3. The molecule has 0 amide bonds. The van der Waals surface area contributed by atoms with E-state index in [4.69, 9.17) is 4.36 Å². The number of rotatable bonds is 2. The molecule has 0 aromatic heterocycles. The summed E-state index contributed by atoms with van der Waals surface area (Å²) < 4.78 is 20.1. The first-order valence-electron chi connectivity index (χ1n) is 14.2. The van der Waals surface area contributed by atoms with Crippen molar-refractivity contribution in [1.82, 2.24) is 0 Å². The van der Waals surface area contributed by atoms with Gasteiger partial charge in [0.25, 0.3) is 0 Å². The highest BCUT2D eigenvalue weighted by Crippen LogP contribution is 2.45. The van der Waals surface area contributed by atoms with E-state index < -0.39 is 9.73 Å². The van der Waals surface area contributed by atoms with Gasteiger partial charge in [0.2, 0.25) is 0 Å². The molecule has 0 N–H and O–H groups in total. The number of thioether (sulfide) groups is 1. The maximum absolute atomic E-state index is 15.1. The molecule has 5 aromatic carbocycles. The third-order valence-corrected chi connectivity index (χ3v) is 11.8. The molecule has 3 heterocycles. The molecule has 0 radical (unpaired) electrons. The van der Waals surface area contributed by atoms with Crippen LogP contribution in [0.1, 0.15) is 23.6 Å². The molecule has 42 heavy (non-hydrogen) atoms. The first-order valence-corrected chi connectivity index (χ1v) is 16.6. The summed E-state index contributed by atoms with van der Waals surface area (Å²) >= 11 is 1.93. The number of para-hydroxylation sites is 1. The molecule has 0 spiro atoms. The molecule has 204 valence electrons. The predicted octanol–water partition coefficient (Wildman–Crippen LogP) is 7.57. The van der Waals surface area contributed by atoms with Gasteiger partial charge >= 0.3 is 0 Å². The van der Waals surface area contributed by atoms with Gasteiger partial charge in [-0.2, -0.15) is 4.36 Å². The minimum atomic E-state index is -2.94. The maximum Gasteiger partial charge on any atom is 0.124 e. The van der Waals surface area contributed by atoms with Gasteiger partial charge in [-0.05, 0) is 70.5 Å². The molecular formula is C37H28N2OS2. The van der Waals surface area contributed by atoms with Crippen molar-refractivity contribution in [1.29, 1.82) is 0 Å². The van der Waals surface area contributed by atoms with Gasteiger partial charge in [-0.25, -0.2) is 4.21 Å². The number of hydrogen-bond donors (Lipinski definition) is 0. The topological polar surface area (TPSA) is 32.7 Å². The fraction of sp³-hybridized carbons (Fsp3) is 0.0811. The van der Waals surface area contributed by atoms with Crippen LogP contribution in [0.2, 0.25) is 0 Å². The van der Waals surface area contributed by atoms with E-state index in [9.17, 15) is 0 Å². The molecule has 3 aliphatic rings. The summed E-state index contributed by atoms with van der Waals surface area (Å²) in [6, 6.07) is 43.7. The minimum absolute atomic E-state index is 0.352. The first-order chi connectivity index (χ1) is 20.6. The smallest absolute Gasteiger partial charge is 0.124 e. The standard InChI is InChI=1S/C37H28N2OS2/c1-25-37(31-19-9-12-22-35(31)41-25)30-18-7-6-16-28(30)32-24-39(34-21-11-8-17-29(32)34)36-23-26-13-5-10-20-33(26)38-42(36,40)27-14-3-2-4-15-27/h2-23,25H,24H2,1H3/b32-28+,37-30+. The number of nitrogens with zero attached hydrogens (tertiary/aromatic N) is 2. The SMILES string of the molecule is CC1Sc2ccccc2/C1=c1\cccc\c1=C1\CN(C2=Cc3ccccc3N=S2(=O)c2ccccc2)c2ccccc21. The van der Waals surface area contributed by atoms with Crippen LogP contribution in [-0.2, 0) is 9.73 Å². The van der Waals surface area contributed by atoms with Crippen LogP contribution in [0.25, 0.3) is 17.2 Å². The Labute approximate surface area is 250 Å². The van der Waals surface area contributed by atoms with Crippen LogP contribution in [0.5, 0.6) is 0 Å². The summed E-state index contributed by atoms with van der Waals surface area (Å²) in [6.07, 6.45) is 2.09. The largest absolute Gasteiger partial charge is 0.328 e. The summed E-state index contributed by atoms with van der Waals surface area (Å²) in [5, 5.41) is 3.58. The van der Waals surface area contributed by atoms with Gasteiger partial charge in [0.05, 0.1) is 17.1 Å². The van der Waals surface area contributed by atoms with Crippen molar-refractivity contribution in [2.75, 3.05) is 11.4 Å². The van der Waals surface area contributed by atoms with Gasteiger partial charge in [-0.3, -0.25) is 0 Å². The lowest BCUT2D eigenvalue weighted by atomic mass is 9.96. The lowest BCUT2D eigenvalue weighted by Crippen LogP contribution is -2.33. The normalized spacial score (nSPS) is 23.0. The third-order valence-electron chi connectivity index (χ3n) is 8.32. The van der Waals surface area contributed by atoms with E-state index in [-0.39, 0.29) is 0 Å². The Morgan fingerprint density at radius 3 is 2.26 bits per heavy atom. The van der Waals surface area contributed by atoms with Crippen LogP contribution >= 0.6 is 11.8 Å². The van der Waals surface area contributed by atoms with Crippen LogP contribution in [-0.4, -0.2) is 16.0 Å². The molecule has 3 nitrogen and oxygen atoms in total. The number of hydrogen-bond acceptors (Lipinski definition) is 4. The summed E-state index contributed by atoms with van der Waals surface area (Å²) in [7, 11) is -2.94. The van der Waals surface area contributed by atoms with Crippen molar-refractivity contribution in [2.24, 2.45) is 4.36 Å². The lowest BCUT2D eigenvalue weighted by Gasteiger charge is -2.28. The van der Waals surface area contributed by atoms with Crippen molar-refractivity contribution in [3.05, 3.63) is 160 Å². The molecule has 2 unspecified atom stereocenters. The Kier molecular flexibility index (Phi) is 5.99. The third kappa shape index (κ3) is 3.92. The molecule has 0 saturated heterocycles. The van der Waals surface area contributed by atoms with Gasteiger partial charge in [-0.1, -0.05) is 97.1 Å². The van der Waals surface area contributed by atoms with Crippen molar-refractivity contribution in [2.45, 2.75) is 22.0 Å². The van der Waals surface area contributed by atoms with Crippen LogP contribution in [0.3, 0.4) is 0 Å². The molecule has 5 aromatic rings. The minimum Gasteiger partial charge on any atom is -0.328 e. The van der Waals surface area contributed by atoms with Crippen LogP contribution in [0.4, 0.5) is 11.4 Å². The molecule has 0 bridgehead atoms. The zero-order valence-electron chi connectivity index (χ0n) is 23.1. The van der Waals surface area contributed by atoms with E-state index in [1.807, 2.05) is 60.3 Å². The van der Waals surface area contributed by atoms with E-state index in [0.29, 0.717) is 11.8 Å². The van der Waals surface area contributed by atoms with Gasteiger partial charge in [0, 0.05) is 27.0 Å². The van der Waals surface area contributed by atoms with Crippen molar-refractivity contribution in [3.8, 4) is 0 Å². The Hall–Kier alpha value is -4.32. The molecule has 2 atom stereocenters. The molecule has 8 rings (SSSR count). The van der Waals surface area contributed by atoms with Crippen molar-refractivity contribution in [3.63, 3.8) is 0 Å². The lowest BCUT2D eigenvalue weighted by molar-refractivity contribution is 0.679. The summed E-state index contributed by atoms with van der Waals surface area (Å²) in [5.74, 6) is 0. The Balaban J connectivity index is 1.40. The second-order valence-electron chi connectivity index (χ2n) is 10.8. The fourth-order valence-corrected chi connectivity index (χ4v) is 9.79. The molecule has 3 aliphatic heterocycles. The van der Waals surface area contributed by atoms with Crippen LogP contribution < -0.4 is 15.3 Å². The van der Waals surface area contributed by atoms with E-state index in [0.717, 1.165) is 26.9 Å². The van der Waals surface area contributed by atoms with Crippen molar-refractivity contribution < 1.29 is 4.21 Å². The summed E-state index contributed by atoms with van der Waals surface area (Å²) in [4.78, 5) is 4.30. The molecule has 5 heteroatoms. The molecule has 0 fully saturated rings. The van der Waals surface area contributed by atoms with Gasteiger partial charge in [-0.15, -0.1) is 11.8 Å². The van der Waals surface area contributed by atoms with E-state index in [1.54, 1.807) is 0 Å². The molecule has 0 saturated carbocycles. The van der Waals surface area contributed by atoms with Gasteiger partial charge < -0.3 is 4.90 Å². The quantitative estimate of drug-likeness (QED) is 0.216. The monoisotopic (exact) mass is 580 g/mol. The molecule has 0 aliphatic carbocycles. The van der Waals surface area contributed by atoms with E-state index in [2.05, 4.69) is 96.8 Å². The highest BCUT2D eigenvalue weighted by atomic mass is 32.2.